The van der Waals surface area contributed by atoms with Crippen molar-refractivity contribution in [1.82, 2.24) is 0 Å². The number of ketones is 1. The van der Waals surface area contributed by atoms with Gasteiger partial charge in [-0.25, -0.2) is 4.58 Å². The monoisotopic (exact) mass is 603 g/mol. The number of aliphatic hydroxyl groups is 1. The Morgan fingerprint density at radius 3 is 1.84 bits per heavy atom. The smallest absolute Gasteiger partial charge is 0.269 e. The highest BCUT2D eigenvalue weighted by Gasteiger charge is 2.36. The number of Topliss-reactive ketones (excluding diaryl/α,β-unsaturated/α-hetero) is 1. The normalized spacial score (nSPS) is 14.3. The van der Waals surface area contributed by atoms with Gasteiger partial charge in [0.2, 0.25) is 5.78 Å². The van der Waals surface area contributed by atoms with Crippen LogP contribution in [0.1, 0.15) is 12.5 Å². The van der Waals surface area contributed by atoms with Crippen molar-refractivity contribution in [2.75, 3.05) is 50.6 Å². The molecule has 0 atom stereocenters. The van der Waals surface area contributed by atoms with E-state index >= 15 is 0 Å². The van der Waals surface area contributed by atoms with Gasteiger partial charge in [-0.05, 0) is 78.7 Å². The molecule has 0 aliphatic heterocycles. The molecular weight excluding hydrogens is 568 g/mol. The van der Waals surface area contributed by atoms with Crippen molar-refractivity contribution < 1.29 is 19.4 Å². The molecule has 2 aliphatic rings. The lowest BCUT2D eigenvalue weighted by atomic mass is 9.80. The molecule has 45 heavy (non-hydrogen) atoms. The van der Waals surface area contributed by atoms with Crippen LogP contribution in [-0.2, 0) is 4.79 Å². The summed E-state index contributed by atoms with van der Waals surface area (Å²) < 4.78 is 1.98. The van der Waals surface area contributed by atoms with Crippen LogP contribution in [0.25, 0.3) is 5.57 Å². The van der Waals surface area contributed by atoms with E-state index in [9.17, 15) is 20.0 Å². The molecule has 3 aromatic rings. The summed E-state index contributed by atoms with van der Waals surface area (Å²) in [4.78, 5) is 27.8. The van der Waals surface area contributed by atoms with Crippen molar-refractivity contribution in [3.63, 3.8) is 0 Å². The third kappa shape index (κ3) is 6.80. The minimum absolute atomic E-state index is 0.0131. The summed E-state index contributed by atoms with van der Waals surface area (Å²) >= 11 is 0. The van der Waals surface area contributed by atoms with Gasteiger partial charge in [0, 0.05) is 62.3 Å². The van der Waals surface area contributed by atoms with E-state index in [1.54, 1.807) is 12.1 Å². The second-order valence-corrected chi connectivity index (χ2v) is 10.9. The minimum atomic E-state index is -0.447. The van der Waals surface area contributed by atoms with Gasteiger partial charge in [0.25, 0.3) is 5.69 Å². The molecule has 0 saturated carbocycles. The molecule has 0 heterocycles. The molecule has 10 nitrogen and oxygen atoms in total. The first-order valence-corrected chi connectivity index (χ1v) is 14.6. The molecule has 0 aromatic heterocycles. The van der Waals surface area contributed by atoms with Gasteiger partial charge in [-0.3, -0.25) is 14.9 Å². The molecule has 0 spiro atoms. The fourth-order valence-electron chi connectivity index (χ4n) is 5.10. The number of likely N-dealkylation sites (N-methyl/N-ethyl adjacent to an activating group) is 2. The molecule has 0 unspecified atom stereocenters. The van der Waals surface area contributed by atoms with Crippen LogP contribution in [0.3, 0.4) is 0 Å². The number of hydrogen-bond donors (Lipinski definition) is 1. The summed E-state index contributed by atoms with van der Waals surface area (Å²) in [5, 5.41) is 30.0. The number of non-ortho nitro benzene ring substituents is 1. The predicted molar refractivity (Wildman–Crippen MR) is 178 cm³/mol. The first-order chi connectivity index (χ1) is 21.7. The van der Waals surface area contributed by atoms with E-state index in [0.717, 1.165) is 36.7 Å². The third-order valence-corrected chi connectivity index (χ3v) is 7.84. The Hall–Kier alpha value is -5.64. The number of carbonyl (C=O) groups is 1. The lowest BCUT2D eigenvalue weighted by molar-refractivity contribution is -0.462. The van der Waals surface area contributed by atoms with E-state index in [2.05, 4.69) is 27.0 Å². The number of nitro benzene ring substituents is 1. The van der Waals surface area contributed by atoms with Gasteiger partial charge in [0.1, 0.15) is 19.9 Å². The minimum Gasteiger partial charge on any atom is -0.506 e. The van der Waals surface area contributed by atoms with E-state index in [0.29, 0.717) is 33.7 Å². The van der Waals surface area contributed by atoms with Gasteiger partial charge < -0.3 is 14.9 Å². The number of hydrogen-bond acceptors (Lipinski definition) is 8. The van der Waals surface area contributed by atoms with Crippen LogP contribution in [0.5, 0.6) is 0 Å². The van der Waals surface area contributed by atoms with E-state index in [4.69, 9.17) is 0 Å². The van der Waals surface area contributed by atoms with Gasteiger partial charge in [-0.2, -0.15) is 10.2 Å². The van der Waals surface area contributed by atoms with Gasteiger partial charge in [-0.15, -0.1) is 0 Å². The summed E-state index contributed by atoms with van der Waals surface area (Å²) in [7, 11) is 5.94. The third-order valence-electron chi connectivity index (χ3n) is 7.84. The van der Waals surface area contributed by atoms with Crippen molar-refractivity contribution in [3.05, 3.63) is 130 Å². The second kappa shape index (κ2) is 13.3. The topological polar surface area (TPSA) is 115 Å². The Balaban J connectivity index is 1.18. The number of carbonyl (C=O) groups excluding carboxylic acids is 1. The molecule has 2 aliphatic carbocycles. The average Bonchev–Trinajstić information content (AvgIpc) is 3.05. The summed E-state index contributed by atoms with van der Waals surface area (Å²) in [6, 6.07) is 21.4. The van der Waals surface area contributed by atoms with Crippen molar-refractivity contribution in [1.29, 1.82) is 0 Å². The quantitative estimate of drug-likeness (QED) is 0.0881. The van der Waals surface area contributed by atoms with E-state index in [1.165, 1.54) is 12.1 Å². The molecule has 0 bridgehead atoms. The molecule has 0 radical (unpaired) electrons. The number of rotatable bonds is 10. The largest absolute Gasteiger partial charge is 0.506 e. The first-order valence-electron chi connectivity index (χ1n) is 14.6. The molecule has 10 heteroatoms. The molecule has 0 fully saturated rings. The Labute approximate surface area is 262 Å². The number of allylic oxidation sites excluding steroid dienone is 7. The van der Waals surface area contributed by atoms with Crippen molar-refractivity contribution in [2.45, 2.75) is 6.92 Å². The standard InChI is InChI=1S/C35H34N6O4/c1-5-40(30-18-10-26(11-19-30)36-37-27-12-20-31(21-13-27)41(44)45)23-22-39(4)29-16-8-25(9-17-29)33-34(42)32(35(33)43)24-6-14-28(15-7-24)38(2)3/h6-21H,5,22-23H2,1-4H3/p+1. The van der Waals surface area contributed by atoms with Crippen LogP contribution in [0.15, 0.2) is 124 Å². The maximum absolute atomic E-state index is 13.0. The first kappa shape index (κ1) is 30.8. The molecule has 5 rings (SSSR count). The summed E-state index contributed by atoms with van der Waals surface area (Å²) in [6.45, 7) is 4.48. The number of nitro groups is 1. The number of aliphatic hydroxyl groups excluding tert-OH is 1. The van der Waals surface area contributed by atoms with E-state index in [1.807, 2.05) is 98.6 Å². The van der Waals surface area contributed by atoms with Gasteiger partial charge >= 0.3 is 0 Å². The fraction of sp³-hybridized carbons (Fsp3) is 0.200. The zero-order chi connectivity index (χ0) is 32.1. The number of nitrogens with zero attached hydrogens (tertiary/aromatic N) is 6. The number of anilines is 2. The highest BCUT2D eigenvalue weighted by Crippen LogP contribution is 2.39. The number of benzene rings is 3. The Kier molecular flexibility index (Phi) is 9.13. The Morgan fingerprint density at radius 2 is 1.33 bits per heavy atom. The molecule has 0 saturated heterocycles. The highest BCUT2D eigenvalue weighted by atomic mass is 16.6. The predicted octanol–water partition coefficient (Wildman–Crippen LogP) is 6.96. The van der Waals surface area contributed by atoms with Crippen LogP contribution in [0.4, 0.5) is 28.4 Å². The van der Waals surface area contributed by atoms with Crippen molar-refractivity contribution >= 4 is 45.5 Å². The lowest BCUT2D eigenvalue weighted by Gasteiger charge is -2.28. The SMILES string of the molecule is CCN(CCN(C)c1ccc(C2=C(O)C(=C3C=CC(=[N+](C)C)C=C3)C2=O)cc1)c1ccc(N=Nc2ccc([N+](=O)[O-])cc2)cc1. The fourth-order valence-corrected chi connectivity index (χ4v) is 5.10. The molecule has 1 N–H and O–H groups in total. The van der Waals surface area contributed by atoms with Crippen LogP contribution in [0.2, 0.25) is 0 Å². The zero-order valence-corrected chi connectivity index (χ0v) is 25.7. The lowest BCUT2D eigenvalue weighted by Crippen LogP contribution is -2.33. The Bertz CT molecular complexity index is 1780. The van der Waals surface area contributed by atoms with Gasteiger partial charge in [-0.1, -0.05) is 12.1 Å². The van der Waals surface area contributed by atoms with Gasteiger partial charge in [0.05, 0.1) is 27.4 Å². The number of azo groups is 1. The van der Waals surface area contributed by atoms with E-state index in [-0.39, 0.29) is 17.2 Å². The van der Waals surface area contributed by atoms with E-state index < -0.39 is 4.92 Å². The molecular formula is C35H35N6O4+. The highest BCUT2D eigenvalue weighted by molar-refractivity contribution is 6.39. The van der Waals surface area contributed by atoms with Crippen LogP contribution in [-0.4, -0.2) is 66.9 Å². The average molecular weight is 604 g/mol. The summed E-state index contributed by atoms with van der Waals surface area (Å²) in [5.41, 5.74) is 6.45. The van der Waals surface area contributed by atoms with Gasteiger partial charge in [0.15, 0.2) is 5.71 Å². The summed E-state index contributed by atoms with van der Waals surface area (Å²) in [5.74, 6) is -0.111. The maximum atomic E-state index is 13.0. The maximum Gasteiger partial charge on any atom is 0.269 e. The summed E-state index contributed by atoms with van der Waals surface area (Å²) in [6.07, 6.45) is 7.58. The van der Waals surface area contributed by atoms with Crippen LogP contribution < -0.4 is 9.80 Å². The molecule has 0 amide bonds. The van der Waals surface area contributed by atoms with Crippen LogP contribution >= 0.6 is 0 Å². The zero-order valence-electron chi connectivity index (χ0n) is 25.7. The second-order valence-electron chi connectivity index (χ2n) is 10.9. The van der Waals surface area contributed by atoms with Crippen molar-refractivity contribution in [2.24, 2.45) is 10.2 Å². The Morgan fingerprint density at radius 1 is 0.778 bits per heavy atom. The van der Waals surface area contributed by atoms with Crippen LogP contribution in [0, 0.1) is 10.1 Å². The van der Waals surface area contributed by atoms with Crippen molar-refractivity contribution in [3.8, 4) is 0 Å². The molecule has 228 valence electrons. The molecule has 3 aromatic carbocycles.